The lowest BCUT2D eigenvalue weighted by atomic mass is 10.2. The Labute approximate surface area is 104 Å². The van der Waals surface area contributed by atoms with E-state index in [1.807, 2.05) is 0 Å². The number of halogens is 4. The zero-order valence-corrected chi connectivity index (χ0v) is 10.5. The van der Waals surface area contributed by atoms with Crippen molar-refractivity contribution in [3.05, 3.63) is 28.0 Å². The van der Waals surface area contributed by atoms with Crippen LogP contribution < -0.4 is 0 Å². The molecule has 0 N–H and O–H groups in total. The van der Waals surface area contributed by atoms with Gasteiger partial charge in [0.1, 0.15) is 0 Å². The number of carbonyl (C=O) groups is 1. The molecule has 0 saturated heterocycles. The quantitative estimate of drug-likeness (QED) is 0.634. The molecule has 0 fully saturated rings. The van der Waals surface area contributed by atoms with E-state index < -0.39 is 18.0 Å². The van der Waals surface area contributed by atoms with Crippen molar-refractivity contribution in [3.63, 3.8) is 0 Å². The van der Waals surface area contributed by atoms with Gasteiger partial charge < -0.3 is 4.74 Å². The predicted molar refractivity (Wildman–Crippen MR) is 58.2 cm³/mol. The van der Waals surface area contributed by atoms with Crippen molar-refractivity contribution in [1.82, 2.24) is 4.98 Å². The van der Waals surface area contributed by atoms with Crippen molar-refractivity contribution < 1.29 is 18.3 Å². The number of hydrogen-bond acceptors (Lipinski definition) is 3. The van der Waals surface area contributed by atoms with E-state index in [0.29, 0.717) is 5.69 Å². The molecule has 0 aliphatic carbocycles. The second kappa shape index (κ2) is 5.54. The maximum atomic E-state index is 12.6. The van der Waals surface area contributed by atoms with Gasteiger partial charge in [-0.3, -0.25) is 0 Å². The Morgan fingerprint density at radius 3 is 2.75 bits per heavy atom. The van der Waals surface area contributed by atoms with Gasteiger partial charge in [0.2, 0.25) is 0 Å². The second-order valence-corrected chi connectivity index (χ2v) is 3.73. The summed E-state index contributed by atoms with van der Waals surface area (Å²) >= 11 is 8.72. The van der Waals surface area contributed by atoms with Gasteiger partial charge in [0, 0.05) is 10.9 Å². The number of hydrogen-bond donors (Lipinski definition) is 0. The average molecular weight is 315 g/mol. The van der Waals surface area contributed by atoms with Gasteiger partial charge in [-0.2, -0.15) is 0 Å². The monoisotopic (exact) mass is 313 g/mol. The molecule has 1 heterocycles. The zero-order valence-electron chi connectivity index (χ0n) is 8.14. The fraction of sp³-hybridized carbons (Fsp3) is 0.333. The minimum atomic E-state index is -2.77. The summed E-state index contributed by atoms with van der Waals surface area (Å²) in [6.45, 7) is 0. The van der Waals surface area contributed by atoms with Gasteiger partial charge in [0.15, 0.2) is 5.69 Å². The Morgan fingerprint density at radius 1 is 1.69 bits per heavy atom. The summed E-state index contributed by atoms with van der Waals surface area (Å²) in [7, 11) is 1.13. The van der Waals surface area contributed by atoms with Crippen LogP contribution in [0.3, 0.4) is 0 Å². The molecule has 1 aromatic rings. The second-order valence-electron chi connectivity index (χ2n) is 2.79. The molecule has 0 unspecified atom stereocenters. The number of aromatic nitrogens is 1. The maximum absolute atomic E-state index is 12.6. The van der Waals surface area contributed by atoms with E-state index in [0.717, 1.165) is 13.2 Å². The normalized spacial score (nSPS) is 10.6. The Bertz CT molecular complexity index is 415. The molecule has 16 heavy (non-hydrogen) atoms. The first kappa shape index (κ1) is 13.3. The third-order valence-electron chi connectivity index (χ3n) is 1.79. The van der Waals surface area contributed by atoms with E-state index in [2.05, 4.69) is 25.7 Å². The van der Waals surface area contributed by atoms with Crippen molar-refractivity contribution in [2.75, 3.05) is 7.11 Å². The molecule has 7 heteroatoms. The molecular formula is C9H7BrClF2NO2. The third-order valence-corrected chi connectivity index (χ3v) is 2.76. The summed E-state index contributed by atoms with van der Waals surface area (Å²) in [5, 5.41) is -0.125. The maximum Gasteiger partial charge on any atom is 0.358 e. The summed E-state index contributed by atoms with van der Waals surface area (Å²) < 4.78 is 29.6. The number of alkyl halides is 3. The van der Waals surface area contributed by atoms with Crippen LogP contribution in [0.1, 0.15) is 28.2 Å². The molecule has 0 aliphatic heterocycles. The summed E-state index contributed by atoms with van der Waals surface area (Å²) in [6, 6.07) is 1.15. The van der Waals surface area contributed by atoms with Crippen molar-refractivity contribution in [3.8, 4) is 0 Å². The lowest BCUT2D eigenvalue weighted by Gasteiger charge is -2.09. The van der Waals surface area contributed by atoms with Crippen LogP contribution in [0.25, 0.3) is 0 Å². The topological polar surface area (TPSA) is 39.2 Å². The van der Waals surface area contributed by atoms with Crippen LogP contribution in [0.4, 0.5) is 8.78 Å². The van der Waals surface area contributed by atoms with Gasteiger partial charge >= 0.3 is 5.97 Å². The van der Waals surface area contributed by atoms with Gasteiger partial charge in [0.25, 0.3) is 6.43 Å². The summed E-state index contributed by atoms with van der Waals surface area (Å²) in [4.78, 5) is 15.1. The van der Waals surface area contributed by atoms with E-state index in [1.54, 1.807) is 0 Å². The average Bonchev–Trinajstić information content (AvgIpc) is 2.28. The number of rotatable bonds is 3. The standard InChI is InChI=1S/C9H7BrClF2NO2/c1-16-9(15)7-6(11)5(8(12)13)2-4(3-10)14-7/h2,8H,3H2,1H3. The fourth-order valence-corrected chi connectivity index (χ4v) is 1.61. The van der Waals surface area contributed by atoms with Crippen molar-refractivity contribution >= 4 is 33.5 Å². The number of nitrogens with zero attached hydrogens (tertiary/aromatic N) is 1. The molecule has 1 rings (SSSR count). The van der Waals surface area contributed by atoms with Crippen molar-refractivity contribution in [2.24, 2.45) is 0 Å². The number of pyridine rings is 1. The Balaban J connectivity index is 3.37. The molecule has 1 aromatic heterocycles. The van der Waals surface area contributed by atoms with Crippen molar-refractivity contribution in [1.29, 1.82) is 0 Å². The Morgan fingerprint density at radius 2 is 2.31 bits per heavy atom. The third kappa shape index (κ3) is 2.68. The highest BCUT2D eigenvalue weighted by Crippen LogP contribution is 2.30. The molecule has 0 bridgehead atoms. The molecule has 0 saturated carbocycles. The molecular weight excluding hydrogens is 307 g/mol. The molecule has 0 amide bonds. The SMILES string of the molecule is COC(=O)c1nc(CBr)cc(C(F)F)c1Cl. The highest BCUT2D eigenvalue weighted by molar-refractivity contribution is 9.08. The van der Waals surface area contributed by atoms with Gasteiger partial charge in [-0.25, -0.2) is 18.6 Å². The van der Waals surface area contributed by atoms with Gasteiger partial charge in [-0.1, -0.05) is 27.5 Å². The molecule has 3 nitrogen and oxygen atoms in total. The lowest BCUT2D eigenvalue weighted by Crippen LogP contribution is -2.09. The van der Waals surface area contributed by atoms with Gasteiger partial charge in [0.05, 0.1) is 17.8 Å². The van der Waals surface area contributed by atoms with Crippen LogP contribution in [0.2, 0.25) is 5.02 Å². The number of carbonyl (C=O) groups excluding carboxylic acids is 1. The fourth-order valence-electron chi connectivity index (χ4n) is 1.06. The number of esters is 1. The Hall–Kier alpha value is -0.750. The highest BCUT2D eigenvalue weighted by Gasteiger charge is 2.22. The van der Waals surface area contributed by atoms with Crippen LogP contribution in [0.5, 0.6) is 0 Å². The summed E-state index contributed by atoms with van der Waals surface area (Å²) in [6.07, 6.45) is -2.77. The van der Waals surface area contributed by atoms with Crippen molar-refractivity contribution in [2.45, 2.75) is 11.8 Å². The minimum Gasteiger partial charge on any atom is -0.464 e. The highest BCUT2D eigenvalue weighted by atomic mass is 79.9. The summed E-state index contributed by atoms with van der Waals surface area (Å²) in [5.74, 6) is -0.838. The first-order chi connectivity index (χ1) is 7.51. The number of methoxy groups -OCH3 is 1. The number of ether oxygens (including phenoxy) is 1. The molecule has 0 spiro atoms. The van der Waals surface area contributed by atoms with Crippen LogP contribution in [0.15, 0.2) is 6.07 Å². The molecule has 0 aliphatic rings. The van der Waals surface area contributed by atoms with Crippen LogP contribution >= 0.6 is 27.5 Å². The van der Waals surface area contributed by atoms with Crippen LogP contribution in [-0.4, -0.2) is 18.1 Å². The minimum absolute atomic E-state index is 0.244. The van der Waals surface area contributed by atoms with Crippen LogP contribution in [-0.2, 0) is 10.1 Å². The molecule has 0 atom stereocenters. The smallest absolute Gasteiger partial charge is 0.358 e. The van der Waals surface area contributed by atoms with E-state index in [9.17, 15) is 13.6 Å². The van der Waals surface area contributed by atoms with Gasteiger partial charge in [-0.05, 0) is 6.07 Å². The van der Waals surface area contributed by atoms with E-state index in [1.165, 1.54) is 0 Å². The van der Waals surface area contributed by atoms with E-state index >= 15 is 0 Å². The van der Waals surface area contributed by atoms with E-state index in [-0.39, 0.29) is 16.0 Å². The van der Waals surface area contributed by atoms with Gasteiger partial charge in [-0.15, -0.1) is 0 Å². The largest absolute Gasteiger partial charge is 0.464 e. The van der Waals surface area contributed by atoms with E-state index in [4.69, 9.17) is 11.6 Å². The Kier molecular flexibility index (Phi) is 4.61. The lowest BCUT2D eigenvalue weighted by molar-refractivity contribution is 0.0593. The first-order valence-corrected chi connectivity index (χ1v) is 5.63. The predicted octanol–water partition coefficient (Wildman–Crippen LogP) is 3.35. The molecule has 0 radical (unpaired) electrons. The summed E-state index contributed by atoms with van der Waals surface area (Å²) in [5.41, 5.74) is -0.428. The molecule has 88 valence electrons. The van der Waals surface area contributed by atoms with Crippen LogP contribution in [0, 0.1) is 0 Å². The zero-order chi connectivity index (χ0) is 12.3. The molecule has 0 aromatic carbocycles. The first-order valence-electron chi connectivity index (χ1n) is 4.13.